The van der Waals surface area contributed by atoms with Gasteiger partial charge in [-0.1, -0.05) is 18.2 Å². The van der Waals surface area contributed by atoms with Crippen LogP contribution >= 0.6 is 0 Å². The Hall–Kier alpha value is -2.38. The summed E-state index contributed by atoms with van der Waals surface area (Å²) in [7, 11) is -3.58. The number of hydrogen-bond acceptors (Lipinski definition) is 4. The zero-order valence-electron chi connectivity index (χ0n) is 16.5. The van der Waals surface area contributed by atoms with E-state index < -0.39 is 10.0 Å². The van der Waals surface area contributed by atoms with E-state index in [0.717, 1.165) is 41.9 Å². The zero-order chi connectivity index (χ0) is 20.2. The van der Waals surface area contributed by atoms with E-state index in [-0.39, 0.29) is 11.8 Å². The van der Waals surface area contributed by atoms with Crippen LogP contribution in [0.1, 0.15) is 30.4 Å². The third kappa shape index (κ3) is 2.95. The van der Waals surface area contributed by atoms with Gasteiger partial charge in [-0.2, -0.15) is 4.31 Å². The van der Waals surface area contributed by atoms with E-state index in [9.17, 15) is 13.2 Å². The number of rotatable bonds is 3. The van der Waals surface area contributed by atoms with Crippen LogP contribution in [-0.2, 0) is 21.2 Å². The fourth-order valence-electron chi connectivity index (χ4n) is 4.79. The first-order chi connectivity index (χ1) is 14.0. The van der Waals surface area contributed by atoms with Crippen LogP contribution in [0.2, 0.25) is 0 Å². The molecule has 0 aromatic heterocycles. The molecule has 5 rings (SSSR count). The molecule has 2 aromatic carbocycles. The number of carbonyl (C=O) groups is 1. The van der Waals surface area contributed by atoms with Crippen molar-refractivity contribution in [1.82, 2.24) is 4.31 Å². The van der Waals surface area contributed by atoms with Crippen molar-refractivity contribution in [2.75, 3.05) is 42.5 Å². The predicted octanol–water partition coefficient (Wildman–Crippen LogP) is 2.59. The third-order valence-electron chi connectivity index (χ3n) is 6.39. The van der Waals surface area contributed by atoms with Crippen LogP contribution < -0.4 is 9.80 Å². The summed E-state index contributed by atoms with van der Waals surface area (Å²) in [6, 6.07) is 13.6. The molecule has 1 atom stereocenters. The molecule has 152 valence electrons. The molecular formula is C22H25N3O3S. The maximum atomic E-state index is 13.4. The molecule has 0 saturated carbocycles. The van der Waals surface area contributed by atoms with Crippen molar-refractivity contribution in [3.8, 4) is 0 Å². The van der Waals surface area contributed by atoms with E-state index in [1.54, 1.807) is 16.4 Å². The van der Waals surface area contributed by atoms with Crippen molar-refractivity contribution in [3.63, 3.8) is 0 Å². The molecule has 3 aliphatic rings. The van der Waals surface area contributed by atoms with Gasteiger partial charge in [0.25, 0.3) is 0 Å². The molecule has 0 radical (unpaired) electrons. The van der Waals surface area contributed by atoms with Gasteiger partial charge in [0.2, 0.25) is 15.9 Å². The molecule has 0 spiro atoms. The molecule has 0 aliphatic carbocycles. The number of nitrogens with zero attached hydrogens (tertiary/aromatic N) is 3. The number of amides is 1. The number of hydrogen-bond donors (Lipinski definition) is 0. The number of benzene rings is 2. The SMILES string of the molecule is C[C@H]1C(=O)N2CCCc3cc(S(=O)(=O)N4CCN(c5ccccc5)CC4)cc1c32. The maximum absolute atomic E-state index is 13.4. The van der Waals surface area contributed by atoms with Gasteiger partial charge in [-0.25, -0.2) is 8.42 Å². The van der Waals surface area contributed by atoms with Gasteiger partial charge in [0.15, 0.2) is 0 Å². The minimum atomic E-state index is -3.58. The van der Waals surface area contributed by atoms with Crippen molar-refractivity contribution in [2.45, 2.75) is 30.6 Å². The van der Waals surface area contributed by atoms with Crippen molar-refractivity contribution < 1.29 is 13.2 Å². The molecule has 29 heavy (non-hydrogen) atoms. The Balaban J connectivity index is 1.42. The first kappa shape index (κ1) is 18.6. The van der Waals surface area contributed by atoms with Crippen molar-refractivity contribution in [1.29, 1.82) is 0 Å². The molecular weight excluding hydrogens is 386 g/mol. The highest BCUT2D eigenvalue weighted by Gasteiger charge is 2.39. The van der Waals surface area contributed by atoms with E-state index in [1.807, 2.05) is 30.0 Å². The number of aryl methyl sites for hydroxylation is 1. The predicted molar refractivity (Wildman–Crippen MR) is 113 cm³/mol. The van der Waals surface area contributed by atoms with E-state index in [1.165, 1.54) is 0 Å². The van der Waals surface area contributed by atoms with Crippen LogP contribution in [0.25, 0.3) is 0 Å². The molecule has 1 saturated heterocycles. The summed E-state index contributed by atoms with van der Waals surface area (Å²) in [5.41, 5.74) is 3.95. The molecule has 1 fully saturated rings. The van der Waals surface area contributed by atoms with Gasteiger partial charge < -0.3 is 9.80 Å². The Bertz CT molecular complexity index is 1060. The number of carbonyl (C=O) groups excluding carboxylic acids is 1. The lowest BCUT2D eigenvalue weighted by atomic mass is 9.97. The Kier molecular flexibility index (Phi) is 4.40. The molecule has 6 nitrogen and oxygen atoms in total. The largest absolute Gasteiger partial charge is 0.369 e. The monoisotopic (exact) mass is 411 g/mol. The zero-order valence-corrected chi connectivity index (χ0v) is 17.4. The second kappa shape index (κ2) is 6.85. The second-order valence-electron chi connectivity index (χ2n) is 8.06. The topological polar surface area (TPSA) is 60.9 Å². The molecule has 0 N–H and O–H groups in total. The van der Waals surface area contributed by atoms with Gasteiger partial charge in [-0.05, 0) is 55.2 Å². The first-order valence-corrected chi connectivity index (χ1v) is 11.7. The van der Waals surface area contributed by atoms with Gasteiger partial charge in [-0.15, -0.1) is 0 Å². The molecule has 0 bridgehead atoms. The van der Waals surface area contributed by atoms with Crippen LogP contribution in [0.5, 0.6) is 0 Å². The lowest BCUT2D eigenvalue weighted by Crippen LogP contribution is -2.48. The molecule has 2 aromatic rings. The van der Waals surface area contributed by atoms with Crippen LogP contribution in [0, 0.1) is 0 Å². The number of para-hydroxylation sites is 1. The minimum Gasteiger partial charge on any atom is -0.369 e. The van der Waals surface area contributed by atoms with Gasteiger partial charge in [0.05, 0.1) is 16.5 Å². The van der Waals surface area contributed by atoms with E-state index >= 15 is 0 Å². The molecule has 3 heterocycles. The highest BCUT2D eigenvalue weighted by atomic mass is 32.2. The molecule has 0 unspecified atom stereocenters. The first-order valence-electron chi connectivity index (χ1n) is 10.2. The normalized spacial score (nSPS) is 22.1. The van der Waals surface area contributed by atoms with Crippen molar-refractivity contribution in [2.24, 2.45) is 0 Å². The van der Waals surface area contributed by atoms with Gasteiger partial charge in [0, 0.05) is 38.4 Å². The summed E-state index contributed by atoms with van der Waals surface area (Å²) >= 11 is 0. The quantitative estimate of drug-likeness (QED) is 0.779. The summed E-state index contributed by atoms with van der Waals surface area (Å²) in [4.78, 5) is 17.0. The average Bonchev–Trinajstić information content (AvgIpc) is 3.01. The highest BCUT2D eigenvalue weighted by Crippen LogP contribution is 2.44. The number of sulfonamides is 1. The third-order valence-corrected chi connectivity index (χ3v) is 8.27. The summed E-state index contributed by atoms with van der Waals surface area (Å²) in [5, 5.41) is 0. The average molecular weight is 412 g/mol. The lowest BCUT2D eigenvalue weighted by molar-refractivity contribution is -0.119. The van der Waals surface area contributed by atoms with Crippen molar-refractivity contribution >= 4 is 27.3 Å². The second-order valence-corrected chi connectivity index (χ2v) is 10.00. The number of piperazine rings is 1. The Morgan fingerprint density at radius 1 is 0.966 bits per heavy atom. The highest BCUT2D eigenvalue weighted by molar-refractivity contribution is 7.89. The van der Waals surface area contributed by atoms with Crippen LogP contribution in [0.4, 0.5) is 11.4 Å². The van der Waals surface area contributed by atoms with Crippen LogP contribution in [0.15, 0.2) is 47.4 Å². The van der Waals surface area contributed by atoms with Crippen molar-refractivity contribution in [3.05, 3.63) is 53.6 Å². The molecule has 3 aliphatic heterocycles. The lowest BCUT2D eigenvalue weighted by Gasteiger charge is -2.35. The van der Waals surface area contributed by atoms with Gasteiger partial charge >= 0.3 is 0 Å². The van der Waals surface area contributed by atoms with E-state index in [4.69, 9.17) is 0 Å². The summed E-state index contributed by atoms with van der Waals surface area (Å²) < 4.78 is 28.4. The summed E-state index contributed by atoms with van der Waals surface area (Å²) in [5.74, 6) is -0.182. The maximum Gasteiger partial charge on any atom is 0.243 e. The smallest absolute Gasteiger partial charge is 0.243 e. The Labute approximate surface area is 171 Å². The van der Waals surface area contributed by atoms with Crippen LogP contribution in [0.3, 0.4) is 0 Å². The van der Waals surface area contributed by atoms with Gasteiger partial charge in [0.1, 0.15) is 0 Å². The van der Waals surface area contributed by atoms with Gasteiger partial charge in [-0.3, -0.25) is 4.79 Å². The fourth-order valence-corrected chi connectivity index (χ4v) is 6.30. The minimum absolute atomic E-state index is 0.0898. The fraction of sp³-hybridized carbons (Fsp3) is 0.409. The van der Waals surface area contributed by atoms with Crippen LogP contribution in [-0.4, -0.2) is 51.4 Å². The summed E-state index contributed by atoms with van der Waals surface area (Å²) in [6.45, 7) is 4.88. The Morgan fingerprint density at radius 2 is 1.69 bits per heavy atom. The van der Waals surface area contributed by atoms with E-state index in [0.29, 0.717) is 31.1 Å². The Morgan fingerprint density at radius 3 is 2.41 bits per heavy atom. The number of anilines is 2. The molecule has 1 amide bonds. The van der Waals surface area contributed by atoms with E-state index in [2.05, 4.69) is 17.0 Å². The standard InChI is InChI=1S/C22H25N3O3S/c1-16-20-15-19(14-17-6-5-9-25(21(17)20)22(16)26)29(27,28)24-12-10-23(11-13-24)18-7-3-2-4-8-18/h2-4,7-8,14-16H,5-6,9-13H2,1H3/t16-/m1/s1. The summed E-state index contributed by atoms with van der Waals surface area (Å²) in [6.07, 6.45) is 1.70. The molecule has 7 heteroatoms.